The molecule has 0 unspecified atom stereocenters. The molecule has 0 saturated carbocycles. The summed E-state index contributed by atoms with van der Waals surface area (Å²) in [6.45, 7) is 0. The fourth-order valence-electron chi connectivity index (χ4n) is 2.38. The molecular formula is C16H10O2. The Balaban J connectivity index is 2.62. The molecule has 0 N–H and O–H groups in total. The fraction of sp³-hybridized carbons (Fsp3) is 0. The van der Waals surface area contributed by atoms with Crippen molar-refractivity contribution in [3.63, 3.8) is 0 Å². The summed E-state index contributed by atoms with van der Waals surface area (Å²) in [7, 11) is 0. The van der Waals surface area contributed by atoms with E-state index in [-0.39, 0.29) is 0 Å². The molecule has 0 amide bonds. The number of fused-ring (bicyclic) bond motifs is 3. The van der Waals surface area contributed by atoms with Gasteiger partial charge in [0.05, 0.1) is 0 Å². The Kier molecular flexibility index (Phi) is 2.41. The monoisotopic (exact) mass is 234 g/mol. The molecule has 3 rings (SSSR count). The quantitative estimate of drug-likeness (QED) is 0.501. The smallest absolute Gasteiger partial charge is 0.150 e. The van der Waals surface area contributed by atoms with E-state index in [0.29, 0.717) is 11.1 Å². The summed E-state index contributed by atoms with van der Waals surface area (Å²) in [5.41, 5.74) is 1.23. The number of rotatable bonds is 2. The molecule has 86 valence electrons. The third-order valence-corrected chi connectivity index (χ3v) is 3.22. The molecule has 0 fully saturated rings. The van der Waals surface area contributed by atoms with Crippen LogP contribution < -0.4 is 0 Å². The summed E-state index contributed by atoms with van der Waals surface area (Å²) in [5.74, 6) is 0. The highest BCUT2D eigenvalue weighted by Gasteiger charge is 2.07. The molecule has 0 heterocycles. The van der Waals surface area contributed by atoms with Gasteiger partial charge >= 0.3 is 0 Å². The molecule has 0 spiro atoms. The summed E-state index contributed by atoms with van der Waals surface area (Å²) >= 11 is 0. The summed E-state index contributed by atoms with van der Waals surface area (Å²) < 4.78 is 0. The lowest BCUT2D eigenvalue weighted by atomic mass is 9.95. The third kappa shape index (κ3) is 1.43. The largest absolute Gasteiger partial charge is 0.298 e. The van der Waals surface area contributed by atoms with Crippen LogP contribution in [0.5, 0.6) is 0 Å². The van der Waals surface area contributed by atoms with E-state index in [1.165, 1.54) is 0 Å². The van der Waals surface area contributed by atoms with E-state index in [4.69, 9.17) is 0 Å². The van der Waals surface area contributed by atoms with Crippen LogP contribution in [0.4, 0.5) is 0 Å². The van der Waals surface area contributed by atoms with E-state index in [0.717, 1.165) is 34.1 Å². The van der Waals surface area contributed by atoms with Gasteiger partial charge in [0, 0.05) is 11.1 Å². The van der Waals surface area contributed by atoms with E-state index in [2.05, 4.69) is 0 Å². The van der Waals surface area contributed by atoms with Gasteiger partial charge in [-0.25, -0.2) is 0 Å². The minimum atomic E-state index is 0.612. The number of aldehydes is 2. The van der Waals surface area contributed by atoms with Gasteiger partial charge in [0.25, 0.3) is 0 Å². The second-order valence-corrected chi connectivity index (χ2v) is 4.19. The van der Waals surface area contributed by atoms with Gasteiger partial charge in [0.1, 0.15) is 0 Å². The maximum Gasteiger partial charge on any atom is 0.150 e. The molecule has 2 nitrogen and oxygen atoms in total. The molecule has 0 atom stereocenters. The number of carbonyl (C=O) groups excluding carboxylic acids is 2. The highest BCUT2D eigenvalue weighted by molar-refractivity contribution is 6.16. The van der Waals surface area contributed by atoms with Crippen LogP contribution in [0.1, 0.15) is 20.7 Å². The molecule has 0 aromatic heterocycles. The van der Waals surface area contributed by atoms with Crippen LogP contribution >= 0.6 is 0 Å². The van der Waals surface area contributed by atoms with Crippen LogP contribution in [0.25, 0.3) is 21.5 Å². The van der Waals surface area contributed by atoms with Gasteiger partial charge in [-0.1, -0.05) is 42.5 Å². The molecule has 0 aliphatic carbocycles. The molecule has 18 heavy (non-hydrogen) atoms. The minimum absolute atomic E-state index is 0.612. The Hall–Kier alpha value is -2.48. The third-order valence-electron chi connectivity index (χ3n) is 3.22. The topological polar surface area (TPSA) is 34.1 Å². The molecule has 0 aliphatic heterocycles. The predicted molar refractivity (Wildman–Crippen MR) is 72.2 cm³/mol. The normalized spacial score (nSPS) is 10.7. The Bertz CT molecular complexity index is 767. The van der Waals surface area contributed by atoms with Crippen molar-refractivity contribution in [3.05, 3.63) is 59.7 Å². The van der Waals surface area contributed by atoms with Crippen LogP contribution in [0.2, 0.25) is 0 Å². The van der Waals surface area contributed by atoms with E-state index in [1.807, 2.05) is 36.4 Å². The second-order valence-electron chi connectivity index (χ2n) is 4.19. The average Bonchev–Trinajstić information content (AvgIpc) is 2.45. The summed E-state index contributed by atoms with van der Waals surface area (Å²) in [6.07, 6.45) is 1.66. The first kappa shape index (κ1) is 10.7. The Morgan fingerprint density at radius 1 is 0.611 bits per heavy atom. The van der Waals surface area contributed by atoms with Gasteiger partial charge in [-0.05, 0) is 27.6 Å². The van der Waals surface area contributed by atoms with Crippen molar-refractivity contribution in [2.75, 3.05) is 0 Å². The minimum Gasteiger partial charge on any atom is -0.298 e. The maximum atomic E-state index is 11.2. The van der Waals surface area contributed by atoms with E-state index >= 15 is 0 Å². The van der Waals surface area contributed by atoms with E-state index in [1.54, 1.807) is 12.1 Å². The second kappa shape index (κ2) is 4.08. The van der Waals surface area contributed by atoms with Crippen molar-refractivity contribution in [2.24, 2.45) is 0 Å². The van der Waals surface area contributed by atoms with Gasteiger partial charge in [-0.15, -0.1) is 0 Å². The van der Waals surface area contributed by atoms with E-state index < -0.39 is 0 Å². The molecule has 3 aromatic rings. The lowest BCUT2D eigenvalue weighted by Gasteiger charge is -2.08. The zero-order valence-corrected chi connectivity index (χ0v) is 9.59. The van der Waals surface area contributed by atoms with Gasteiger partial charge < -0.3 is 0 Å². The molecular weight excluding hydrogens is 224 g/mol. The molecule has 2 heteroatoms. The SMILES string of the molecule is O=Cc1cc2c(C=O)cccc2c2ccccc12. The Labute approximate surface area is 104 Å². The van der Waals surface area contributed by atoms with Crippen molar-refractivity contribution in [1.82, 2.24) is 0 Å². The lowest BCUT2D eigenvalue weighted by molar-refractivity contribution is 0.111. The fourth-order valence-corrected chi connectivity index (χ4v) is 2.38. The maximum absolute atomic E-state index is 11.2. The zero-order chi connectivity index (χ0) is 12.5. The van der Waals surface area contributed by atoms with Crippen LogP contribution in [0.3, 0.4) is 0 Å². The standard InChI is InChI=1S/C16H10O2/c17-9-11-4-3-7-15-14-6-2-1-5-13(14)12(10-18)8-16(11)15/h1-10H. The van der Waals surface area contributed by atoms with Crippen molar-refractivity contribution in [3.8, 4) is 0 Å². The van der Waals surface area contributed by atoms with Crippen molar-refractivity contribution in [2.45, 2.75) is 0 Å². The molecule has 0 aliphatic rings. The first-order valence-electron chi connectivity index (χ1n) is 5.70. The number of carbonyl (C=O) groups is 2. The van der Waals surface area contributed by atoms with Crippen molar-refractivity contribution >= 4 is 34.1 Å². The van der Waals surface area contributed by atoms with Crippen LogP contribution in [0, 0.1) is 0 Å². The number of benzene rings is 3. The molecule has 0 saturated heterocycles. The molecule has 3 aromatic carbocycles. The number of hydrogen-bond acceptors (Lipinski definition) is 2. The van der Waals surface area contributed by atoms with Gasteiger partial charge in [0.15, 0.2) is 12.6 Å². The highest BCUT2D eigenvalue weighted by Crippen LogP contribution is 2.29. The van der Waals surface area contributed by atoms with Crippen LogP contribution in [0.15, 0.2) is 48.5 Å². The van der Waals surface area contributed by atoms with Gasteiger partial charge in [-0.2, -0.15) is 0 Å². The van der Waals surface area contributed by atoms with Gasteiger partial charge in [0.2, 0.25) is 0 Å². The van der Waals surface area contributed by atoms with Crippen LogP contribution in [-0.4, -0.2) is 12.6 Å². The first-order chi connectivity index (χ1) is 8.85. The summed E-state index contributed by atoms with van der Waals surface area (Å²) in [6, 6.07) is 15.1. The zero-order valence-electron chi connectivity index (χ0n) is 9.59. The Morgan fingerprint density at radius 3 is 1.94 bits per heavy atom. The Morgan fingerprint density at radius 2 is 1.22 bits per heavy atom. The average molecular weight is 234 g/mol. The summed E-state index contributed by atoms with van der Waals surface area (Å²) in [5, 5.41) is 3.75. The van der Waals surface area contributed by atoms with Crippen LogP contribution in [-0.2, 0) is 0 Å². The lowest BCUT2D eigenvalue weighted by Crippen LogP contribution is -1.89. The van der Waals surface area contributed by atoms with E-state index in [9.17, 15) is 9.59 Å². The highest BCUT2D eigenvalue weighted by atomic mass is 16.1. The molecule has 0 bridgehead atoms. The molecule has 0 radical (unpaired) electrons. The summed E-state index contributed by atoms with van der Waals surface area (Å²) in [4.78, 5) is 22.2. The first-order valence-corrected chi connectivity index (χ1v) is 5.70. The number of hydrogen-bond donors (Lipinski definition) is 0. The predicted octanol–water partition coefficient (Wildman–Crippen LogP) is 3.62. The van der Waals surface area contributed by atoms with Gasteiger partial charge in [-0.3, -0.25) is 9.59 Å². The van der Waals surface area contributed by atoms with Crippen molar-refractivity contribution in [1.29, 1.82) is 0 Å². The van der Waals surface area contributed by atoms with Crippen molar-refractivity contribution < 1.29 is 9.59 Å².